The molecule has 0 radical (unpaired) electrons. The minimum absolute atomic E-state index is 0.324. The van der Waals surface area contributed by atoms with E-state index in [1.54, 1.807) is 18.2 Å². The molecule has 2 aliphatic carbocycles. The standard InChI is InChI=1S/C25H23ClFN7/c26-21-10-18(9-20-23(30-17-5-6-17)15(11-28)12-29-25(20)21)31-24(14-1-3-16(27)4-2-14)22-13-34(33-32-22)19-7-8-19/h1-4,9-10,12-13,17,19,24,31-33H,5-8H2,(H,29,30)/t24-/m1/s1/i24D. The van der Waals surface area contributed by atoms with Crippen LogP contribution in [0.2, 0.25) is 5.02 Å². The molecule has 6 rings (SSSR count). The van der Waals surface area contributed by atoms with Crippen LogP contribution < -0.4 is 21.6 Å². The molecule has 0 amide bonds. The molecule has 34 heavy (non-hydrogen) atoms. The van der Waals surface area contributed by atoms with Gasteiger partial charge in [0.15, 0.2) is 0 Å². The Kier molecular flexibility index (Phi) is 4.88. The Morgan fingerprint density at radius 3 is 2.74 bits per heavy atom. The minimum atomic E-state index is -1.48. The summed E-state index contributed by atoms with van der Waals surface area (Å²) in [5.74, 6) is -0.373. The number of hydrogen-bond donors (Lipinski definition) is 4. The Labute approximate surface area is 202 Å². The van der Waals surface area contributed by atoms with Gasteiger partial charge in [-0.25, -0.2) is 4.39 Å². The van der Waals surface area contributed by atoms with E-state index in [1.165, 1.54) is 18.3 Å². The number of aromatic nitrogens is 1. The first-order chi connectivity index (χ1) is 16.9. The van der Waals surface area contributed by atoms with Crippen LogP contribution in [0, 0.1) is 17.1 Å². The van der Waals surface area contributed by atoms with Gasteiger partial charge in [0.1, 0.15) is 11.9 Å². The number of fused-ring (bicyclic) bond motifs is 1. The summed E-state index contributed by atoms with van der Waals surface area (Å²) in [6, 6.07) is 10.9. The molecule has 3 aliphatic rings. The molecular formula is C25H23ClFN7. The zero-order valence-electron chi connectivity index (χ0n) is 19.2. The van der Waals surface area contributed by atoms with E-state index in [0.717, 1.165) is 25.7 Å². The molecular weight excluding hydrogens is 453 g/mol. The van der Waals surface area contributed by atoms with Crippen molar-refractivity contribution in [3.63, 3.8) is 0 Å². The molecule has 0 saturated heterocycles. The van der Waals surface area contributed by atoms with E-state index in [2.05, 4.69) is 32.6 Å². The van der Waals surface area contributed by atoms with Crippen LogP contribution in [0.25, 0.3) is 10.9 Å². The lowest BCUT2D eigenvalue weighted by Gasteiger charge is -2.22. The van der Waals surface area contributed by atoms with E-state index in [1.807, 2.05) is 17.3 Å². The van der Waals surface area contributed by atoms with Crippen LogP contribution in [-0.2, 0) is 0 Å². The molecule has 172 valence electrons. The lowest BCUT2D eigenvalue weighted by molar-refractivity contribution is 0.260. The highest BCUT2D eigenvalue weighted by Crippen LogP contribution is 2.38. The second-order valence-corrected chi connectivity index (χ2v) is 9.26. The van der Waals surface area contributed by atoms with Crippen molar-refractivity contribution in [2.45, 2.75) is 43.8 Å². The number of rotatable bonds is 7. The summed E-state index contributed by atoms with van der Waals surface area (Å²) < 4.78 is 23.2. The fourth-order valence-electron chi connectivity index (χ4n) is 4.06. The molecule has 2 heterocycles. The van der Waals surface area contributed by atoms with E-state index in [9.17, 15) is 11.0 Å². The summed E-state index contributed by atoms with van der Waals surface area (Å²) in [5.41, 5.74) is 9.63. The first-order valence-corrected chi connectivity index (χ1v) is 11.7. The topological polar surface area (TPSA) is 88.0 Å². The lowest BCUT2D eigenvalue weighted by atomic mass is 10.0. The number of nitrogens with zero attached hydrogens (tertiary/aromatic N) is 3. The maximum Gasteiger partial charge on any atom is 0.123 e. The summed E-state index contributed by atoms with van der Waals surface area (Å²) in [5, 5.41) is 19.5. The van der Waals surface area contributed by atoms with Crippen molar-refractivity contribution in [2.24, 2.45) is 0 Å². The highest BCUT2D eigenvalue weighted by Gasteiger charge is 2.32. The number of halogens is 2. The van der Waals surface area contributed by atoms with Crippen LogP contribution in [-0.4, -0.2) is 22.1 Å². The van der Waals surface area contributed by atoms with Gasteiger partial charge in [0.05, 0.1) is 34.9 Å². The van der Waals surface area contributed by atoms with Crippen molar-refractivity contribution in [1.29, 1.82) is 5.26 Å². The molecule has 1 aromatic heterocycles. The Morgan fingerprint density at radius 1 is 1.24 bits per heavy atom. The maximum atomic E-state index is 13.7. The van der Waals surface area contributed by atoms with Crippen LogP contribution >= 0.6 is 11.6 Å². The van der Waals surface area contributed by atoms with Gasteiger partial charge < -0.3 is 16.1 Å². The van der Waals surface area contributed by atoms with E-state index in [-0.39, 0.29) is 5.82 Å². The number of pyridine rings is 1. The van der Waals surface area contributed by atoms with Gasteiger partial charge in [0.25, 0.3) is 0 Å². The Balaban J connectivity index is 1.45. The minimum Gasteiger partial charge on any atom is -0.381 e. The molecule has 2 saturated carbocycles. The fraction of sp³-hybridized carbons (Fsp3) is 0.280. The largest absolute Gasteiger partial charge is 0.381 e. The first-order valence-electron chi connectivity index (χ1n) is 11.8. The Hall–Kier alpha value is -3.54. The van der Waals surface area contributed by atoms with Crippen LogP contribution in [0.5, 0.6) is 0 Å². The third kappa shape index (κ3) is 4.09. The zero-order chi connectivity index (χ0) is 24.2. The smallest absolute Gasteiger partial charge is 0.123 e. The van der Waals surface area contributed by atoms with Crippen LogP contribution in [0.15, 0.2) is 54.5 Å². The van der Waals surface area contributed by atoms with Gasteiger partial charge >= 0.3 is 0 Å². The van der Waals surface area contributed by atoms with Gasteiger partial charge in [0, 0.05) is 35.6 Å². The second kappa shape index (κ2) is 8.35. The van der Waals surface area contributed by atoms with Gasteiger partial charge in [-0.3, -0.25) is 9.99 Å². The molecule has 1 atom stereocenters. The Morgan fingerprint density at radius 2 is 2.03 bits per heavy atom. The molecule has 0 unspecified atom stereocenters. The summed E-state index contributed by atoms with van der Waals surface area (Å²) in [6.07, 6.45) is 7.66. The van der Waals surface area contributed by atoms with Gasteiger partial charge in [0.2, 0.25) is 0 Å². The number of anilines is 2. The van der Waals surface area contributed by atoms with Crippen molar-refractivity contribution in [3.05, 3.63) is 76.5 Å². The molecule has 4 N–H and O–H groups in total. The fourth-order valence-corrected chi connectivity index (χ4v) is 4.33. The highest BCUT2D eigenvalue weighted by molar-refractivity contribution is 6.35. The third-order valence-corrected chi connectivity index (χ3v) is 6.46. The molecule has 0 spiro atoms. The number of nitrogens with one attached hydrogen (secondary N) is 4. The number of hydrogen-bond acceptors (Lipinski definition) is 7. The van der Waals surface area contributed by atoms with E-state index in [0.29, 0.717) is 56.2 Å². The predicted molar refractivity (Wildman–Crippen MR) is 130 cm³/mol. The molecule has 9 heteroatoms. The van der Waals surface area contributed by atoms with Gasteiger partial charge in [-0.05, 0) is 55.5 Å². The number of hydrazine groups is 2. The van der Waals surface area contributed by atoms with Crippen LogP contribution in [0.4, 0.5) is 15.8 Å². The molecule has 2 fully saturated rings. The van der Waals surface area contributed by atoms with Crippen molar-refractivity contribution in [1.82, 2.24) is 21.0 Å². The maximum absolute atomic E-state index is 13.7. The quantitative estimate of drug-likeness (QED) is 0.383. The van der Waals surface area contributed by atoms with Crippen molar-refractivity contribution >= 4 is 33.9 Å². The molecule has 7 nitrogen and oxygen atoms in total. The third-order valence-electron chi connectivity index (χ3n) is 6.17. The van der Waals surface area contributed by atoms with Crippen molar-refractivity contribution in [3.8, 4) is 6.07 Å². The van der Waals surface area contributed by atoms with Crippen LogP contribution in [0.1, 0.15) is 44.2 Å². The SMILES string of the molecule is [2H][C@](Nc1cc(Cl)c2ncc(C#N)c(NC3CC3)c2c1)(C1=CN(C2CC2)NN1)c1ccc(F)cc1. The average Bonchev–Trinajstić information content (AvgIpc) is 3.79. The van der Waals surface area contributed by atoms with E-state index >= 15 is 0 Å². The summed E-state index contributed by atoms with van der Waals surface area (Å²) in [4.78, 5) is 4.41. The summed E-state index contributed by atoms with van der Waals surface area (Å²) in [6.45, 7) is 0. The average molecular weight is 477 g/mol. The van der Waals surface area contributed by atoms with Gasteiger partial charge in [-0.1, -0.05) is 23.7 Å². The summed E-state index contributed by atoms with van der Waals surface area (Å²) in [7, 11) is 0. The van der Waals surface area contributed by atoms with Crippen molar-refractivity contribution < 1.29 is 5.76 Å². The highest BCUT2D eigenvalue weighted by atomic mass is 35.5. The second-order valence-electron chi connectivity index (χ2n) is 8.86. The van der Waals surface area contributed by atoms with Crippen molar-refractivity contribution in [2.75, 3.05) is 10.6 Å². The lowest BCUT2D eigenvalue weighted by Crippen LogP contribution is -2.38. The number of nitriles is 1. The Bertz CT molecular complexity index is 1380. The van der Waals surface area contributed by atoms with Gasteiger partial charge in [-0.2, -0.15) is 5.26 Å². The molecule has 0 bridgehead atoms. The first kappa shape index (κ1) is 19.9. The van der Waals surface area contributed by atoms with Crippen LogP contribution in [0.3, 0.4) is 0 Å². The van der Waals surface area contributed by atoms with E-state index in [4.69, 9.17) is 11.6 Å². The zero-order valence-corrected chi connectivity index (χ0v) is 19.0. The van der Waals surface area contributed by atoms with Gasteiger partial charge in [-0.15, -0.1) is 5.53 Å². The number of benzene rings is 2. The predicted octanol–water partition coefficient (Wildman–Crippen LogP) is 4.96. The molecule has 1 aliphatic heterocycles. The normalized spacial score (nSPS) is 19.6. The molecule has 3 aromatic rings. The summed E-state index contributed by atoms with van der Waals surface area (Å²) >= 11 is 6.64. The van der Waals surface area contributed by atoms with E-state index < -0.39 is 6.02 Å². The monoisotopic (exact) mass is 476 g/mol. The molecule has 2 aromatic carbocycles.